The van der Waals surface area contributed by atoms with Gasteiger partial charge in [0.1, 0.15) is 11.9 Å². The van der Waals surface area contributed by atoms with Crippen LogP contribution in [0.3, 0.4) is 0 Å². The lowest BCUT2D eigenvalue weighted by Crippen LogP contribution is -2.35. The van der Waals surface area contributed by atoms with Crippen molar-refractivity contribution < 1.29 is 9.13 Å². The molecule has 3 heteroatoms. The molecule has 1 heterocycles. The summed E-state index contributed by atoms with van der Waals surface area (Å²) in [6, 6.07) is 16.8. The first-order valence-electron chi connectivity index (χ1n) is 7.87. The van der Waals surface area contributed by atoms with Crippen molar-refractivity contribution in [2.24, 2.45) is 0 Å². The lowest BCUT2D eigenvalue weighted by molar-refractivity contribution is -0.0234. The van der Waals surface area contributed by atoms with Crippen molar-refractivity contribution in [3.63, 3.8) is 0 Å². The highest BCUT2D eigenvalue weighted by atomic mass is 19.1. The summed E-state index contributed by atoms with van der Waals surface area (Å²) in [4.78, 5) is 2.33. The fourth-order valence-electron chi connectivity index (χ4n) is 2.93. The third-order valence-corrected chi connectivity index (χ3v) is 4.27. The van der Waals surface area contributed by atoms with E-state index in [1.54, 1.807) is 0 Å². The normalized spacial score (nSPS) is 18.3. The maximum Gasteiger partial charge on any atom is 0.123 e. The van der Waals surface area contributed by atoms with Crippen molar-refractivity contribution in [1.29, 1.82) is 0 Å². The maximum absolute atomic E-state index is 13.2. The van der Waals surface area contributed by atoms with E-state index in [0.717, 1.165) is 37.1 Å². The molecule has 0 bridgehead atoms. The fourth-order valence-corrected chi connectivity index (χ4v) is 2.93. The van der Waals surface area contributed by atoms with E-state index < -0.39 is 0 Å². The molecule has 1 unspecified atom stereocenters. The Morgan fingerprint density at radius 3 is 2.18 bits per heavy atom. The number of ether oxygens (including phenoxy) is 1. The van der Waals surface area contributed by atoms with Crippen molar-refractivity contribution in [2.75, 3.05) is 20.1 Å². The summed E-state index contributed by atoms with van der Waals surface area (Å²) in [5, 5.41) is 0. The first kappa shape index (κ1) is 15.2. The predicted octanol–water partition coefficient (Wildman–Crippen LogP) is 4.03. The lowest BCUT2D eigenvalue weighted by Gasteiger charge is -2.32. The van der Waals surface area contributed by atoms with E-state index in [1.165, 1.54) is 12.1 Å². The minimum absolute atomic E-state index is 0.129. The zero-order chi connectivity index (χ0) is 15.4. The molecule has 1 atom stereocenters. The number of nitrogens with zero attached hydrogens (tertiary/aromatic N) is 1. The third kappa shape index (κ3) is 3.73. The van der Waals surface area contributed by atoms with Gasteiger partial charge in [0.15, 0.2) is 0 Å². The first-order valence-corrected chi connectivity index (χ1v) is 7.87. The van der Waals surface area contributed by atoms with Crippen LogP contribution >= 0.6 is 0 Å². The fraction of sp³-hybridized carbons (Fsp3) is 0.368. The number of likely N-dealkylation sites (tertiary alicyclic amines) is 1. The Labute approximate surface area is 131 Å². The van der Waals surface area contributed by atoms with Crippen molar-refractivity contribution >= 4 is 0 Å². The van der Waals surface area contributed by atoms with Gasteiger partial charge in [0, 0.05) is 13.1 Å². The lowest BCUT2D eigenvalue weighted by atomic mass is 10.00. The van der Waals surface area contributed by atoms with Crippen molar-refractivity contribution in [3.8, 4) is 0 Å². The molecule has 116 valence electrons. The van der Waals surface area contributed by atoms with Crippen LogP contribution in [0.5, 0.6) is 0 Å². The molecule has 2 nitrogen and oxygen atoms in total. The SMILES string of the molecule is CN1CCC(OC(c2ccccc2)c2ccc(F)cc2)CC1. The van der Waals surface area contributed by atoms with E-state index in [0.29, 0.717) is 0 Å². The summed E-state index contributed by atoms with van der Waals surface area (Å²) in [6.07, 6.45) is 2.21. The molecular formula is C19H22FNO. The second kappa shape index (κ2) is 7.03. The molecule has 2 aromatic rings. The number of piperidine rings is 1. The molecule has 0 saturated carbocycles. The molecule has 2 aromatic carbocycles. The Morgan fingerprint density at radius 1 is 0.955 bits per heavy atom. The van der Waals surface area contributed by atoms with Gasteiger partial charge in [-0.05, 0) is 43.1 Å². The first-order chi connectivity index (χ1) is 10.7. The summed E-state index contributed by atoms with van der Waals surface area (Å²) >= 11 is 0. The van der Waals surface area contributed by atoms with Crippen molar-refractivity contribution in [1.82, 2.24) is 4.90 Å². The Balaban J connectivity index is 1.82. The maximum atomic E-state index is 13.2. The number of hydrogen-bond acceptors (Lipinski definition) is 2. The molecular weight excluding hydrogens is 277 g/mol. The van der Waals surface area contributed by atoms with Crippen LogP contribution in [0.2, 0.25) is 0 Å². The summed E-state index contributed by atoms with van der Waals surface area (Å²) < 4.78 is 19.6. The summed E-state index contributed by atoms with van der Waals surface area (Å²) in [5.74, 6) is -0.213. The van der Waals surface area contributed by atoms with E-state index in [4.69, 9.17) is 4.74 Å². The molecule has 1 fully saturated rings. The van der Waals surface area contributed by atoms with Crippen LogP contribution < -0.4 is 0 Å². The minimum atomic E-state index is -0.213. The smallest absolute Gasteiger partial charge is 0.123 e. The monoisotopic (exact) mass is 299 g/mol. The highest BCUT2D eigenvalue weighted by Crippen LogP contribution is 2.30. The van der Waals surface area contributed by atoms with Gasteiger partial charge in [0.25, 0.3) is 0 Å². The van der Waals surface area contributed by atoms with Crippen LogP contribution in [-0.4, -0.2) is 31.1 Å². The molecule has 1 saturated heterocycles. The Hall–Kier alpha value is -1.71. The van der Waals surface area contributed by atoms with Crippen LogP contribution in [-0.2, 0) is 4.74 Å². The summed E-state index contributed by atoms with van der Waals surface area (Å²) in [6.45, 7) is 2.13. The van der Waals surface area contributed by atoms with E-state index in [-0.39, 0.29) is 18.0 Å². The van der Waals surface area contributed by atoms with Crippen LogP contribution in [0, 0.1) is 5.82 Å². The Morgan fingerprint density at radius 2 is 1.55 bits per heavy atom. The van der Waals surface area contributed by atoms with Gasteiger partial charge in [-0.3, -0.25) is 0 Å². The topological polar surface area (TPSA) is 12.5 Å². The van der Waals surface area contributed by atoms with E-state index in [2.05, 4.69) is 24.1 Å². The molecule has 1 aliphatic rings. The van der Waals surface area contributed by atoms with E-state index in [1.807, 2.05) is 30.3 Å². The molecule has 3 rings (SSSR count). The standard InChI is InChI=1S/C19H22FNO/c1-21-13-11-18(12-14-21)22-19(15-5-3-2-4-6-15)16-7-9-17(20)10-8-16/h2-10,18-19H,11-14H2,1H3. The van der Waals surface area contributed by atoms with Gasteiger partial charge in [0.05, 0.1) is 6.10 Å². The number of benzene rings is 2. The molecule has 1 aliphatic heterocycles. The molecule has 0 N–H and O–H groups in total. The molecule has 0 radical (unpaired) electrons. The van der Waals surface area contributed by atoms with Gasteiger partial charge >= 0.3 is 0 Å². The average Bonchev–Trinajstić information content (AvgIpc) is 2.56. The van der Waals surface area contributed by atoms with Gasteiger partial charge in [-0.25, -0.2) is 4.39 Å². The van der Waals surface area contributed by atoms with E-state index in [9.17, 15) is 4.39 Å². The zero-order valence-corrected chi connectivity index (χ0v) is 12.9. The molecule has 22 heavy (non-hydrogen) atoms. The van der Waals surface area contributed by atoms with E-state index >= 15 is 0 Å². The number of halogens is 1. The quantitative estimate of drug-likeness (QED) is 0.845. The Kier molecular flexibility index (Phi) is 4.86. The number of rotatable bonds is 4. The van der Waals surface area contributed by atoms with Gasteiger partial charge in [-0.15, -0.1) is 0 Å². The molecule has 0 amide bonds. The molecule has 0 aliphatic carbocycles. The van der Waals surface area contributed by atoms with Crippen LogP contribution in [0.15, 0.2) is 54.6 Å². The minimum Gasteiger partial charge on any atom is -0.365 e. The number of hydrogen-bond donors (Lipinski definition) is 0. The van der Waals surface area contributed by atoms with Crippen LogP contribution in [0.1, 0.15) is 30.1 Å². The van der Waals surface area contributed by atoms with Crippen molar-refractivity contribution in [3.05, 3.63) is 71.5 Å². The highest BCUT2D eigenvalue weighted by Gasteiger charge is 2.23. The average molecular weight is 299 g/mol. The van der Waals surface area contributed by atoms with Gasteiger partial charge in [0.2, 0.25) is 0 Å². The second-order valence-electron chi connectivity index (χ2n) is 5.98. The van der Waals surface area contributed by atoms with Gasteiger partial charge in [-0.2, -0.15) is 0 Å². The van der Waals surface area contributed by atoms with Gasteiger partial charge in [-0.1, -0.05) is 42.5 Å². The summed E-state index contributed by atoms with van der Waals surface area (Å²) in [5.41, 5.74) is 2.12. The second-order valence-corrected chi connectivity index (χ2v) is 5.98. The molecule has 0 spiro atoms. The zero-order valence-electron chi connectivity index (χ0n) is 12.9. The predicted molar refractivity (Wildman–Crippen MR) is 86.3 cm³/mol. The molecule has 0 aromatic heterocycles. The largest absolute Gasteiger partial charge is 0.365 e. The van der Waals surface area contributed by atoms with Gasteiger partial charge < -0.3 is 9.64 Å². The van der Waals surface area contributed by atoms with Crippen molar-refractivity contribution in [2.45, 2.75) is 25.0 Å². The van der Waals surface area contributed by atoms with Crippen LogP contribution in [0.25, 0.3) is 0 Å². The van der Waals surface area contributed by atoms with Crippen LogP contribution in [0.4, 0.5) is 4.39 Å². The Bertz CT molecular complexity index is 576. The summed E-state index contributed by atoms with van der Waals surface area (Å²) in [7, 11) is 2.14. The third-order valence-electron chi connectivity index (χ3n) is 4.27. The highest BCUT2D eigenvalue weighted by molar-refractivity contribution is 5.30.